The summed E-state index contributed by atoms with van der Waals surface area (Å²) in [4.78, 5) is 0. The van der Waals surface area contributed by atoms with E-state index in [-0.39, 0.29) is 11.1 Å². The van der Waals surface area contributed by atoms with Crippen molar-refractivity contribution in [1.29, 1.82) is 0 Å². The van der Waals surface area contributed by atoms with Gasteiger partial charge in [-0.15, -0.1) is 0 Å². The van der Waals surface area contributed by atoms with Crippen LogP contribution < -0.4 is 0 Å². The average molecular weight is 490 g/mol. The molecule has 0 aliphatic carbocycles. The lowest BCUT2D eigenvalue weighted by molar-refractivity contribution is -0.288. The van der Waals surface area contributed by atoms with Gasteiger partial charge < -0.3 is 0 Å². The molecule has 0 aliphatic heterocycles. The van der Waals surface area contributed by atoms with Crippen molar-refractivity contribution in [2.75, 3.05) is 0 Å². The highest BCUT2D eigenvalue weighted by Crippen LogP contribution is 2.56. The molecular formula is C17H12Br2F6. The normalized spacial score (nSPS) is 13.2. The van der Waals surface area contributed by atoms with Gasteiger partial charge in [0, 0.05) is 8.95 Å². The van der Waals surface area contributed by atoms with Gasteiger partial charge in [0.2, 0.25) is 5.41 Å². The standard InChI is InChI=1S/C17H12Br2F6/c1-9-7-11(3-5-13(9)18)15(16(20,21)22,17(23,24)25)12-4-6-14(19)10(2)8-12/h3-8H,1-2H3. The highest BCUT2D eigenvalue weighted by Gasteiger charge is 2.72. The fraction of sp³-hybridized carbons (Fsp3) is 0.294. The van der Waals surface area contributed by atoms with E-state index in [9.17, 15) is 26.3 Å². The number of hydrogen-bond donors (Lipinski definition) is 0. The van der Waals surface area contributed by atoms with Gasteiger partial charge >= 0.3 is 12.4 Å². The Morgan fingerprint density at radius 3 is 1.20 bits per heavy atom. The van der Waals surface area contributed by atoms with Gasteiger partial charge in [0.25, 0.3) is 0 Å². The third-order valence-corrected chi connectivity index (χ3v) is 5.81. The smallest absolute Gasteiger partial charge is 0.169 e. The van der Waals surface area contributed by atoms with E-state index >= 15 is 0 Å². The van der Waals surface area contributed by atoms with E-state index in [1.807, 2.05) is 0 Å². The van der Waals surface area contributed by atoms with Crippen LogP contribution >= 0.6 is 31.9 Å². The Bertz CT molecular complexity index is 725. The second-order valence-electron chi connectivity index (χ2n) is 5.67. The van der Waals surface area contributed by atoms with Gasteiger partial charge in [0.15, 0.2) is 0 Å². The molecule has 2 aromatic rings. The lowest BCUT2D eigenvalue weighted by Gasteiger charge is -2.38. The Morgan fingerprint density at radius 2 is 0.960 bits per heavy atom. The molecule has 0 aromatic heterocycles. The molecule has 25 heavy (non-hydrogen) atoms. The maximum absolute atomic E-state index is 14.0. The second-order valence-corrected chi connectivity index (χ2v) is 7.38. The molecule has 0 amide bonds. The Labute approximate surface area is 157 Å². The maximum atomic E-state index is 14.0. The van der Waals surface area contributed by atoms with Crippen LogP contribution in [-0.4, -0.2) is 12.4 Å². The van der Waals surface area contributed by atoms with Crippen LogP contribution in [0.2, 0.25) is 0 Å². The van der Waals surface area contributed by atoms with E-state index in [1.165, 1.54) is 26.0 Å². The van der Waals surface area contributed by atoms with Crippen LogP contribution in [0.25, 0.3) is 0 Å². The van der Waals surface area contributed by atoms with Gasteiger partial charge in [-0.25, -0.2) is 0 Å². The molecule has 8 heteroatoms. The molecule has 2 aromatic carbocycles. The van der Waals surface area contributed by atoms with Crippen molar-refractivity contribution in [1.82, 2.24) is 0 Å². The first-order valence-corrected chi connectivity index (χ1v) is 8.57. The number of benzene rings is 2. The quantitative estimate of drug-likeness (QED) is 0.390. The van der Waals surface area contributed by atoms with Crippen molar-refractivity contribution in [3.63, 3.8) is 0 Å². The molecule has 136 valence electrons. The summed E-state index contributed by atoms with van der Waals surface area (Å²) in [5.74, 6) is 0. The van der Waals surface area contributed by atoms with Crippen molar-refractivity contribution in [2.45, 2.75) is 31.6 Å². The molecular weight excluding hydrogens is 478 g/mol. The molecule has 0 unspecified atom stereocenters. The first kappa shape index (κ1) is 20.3. The Morgan fingerprint density at radius 1 is 0.640 bits per heavy atom. The third-order valence-electron chi connectivity index (χ3n) is 4.03. The minimum absolute atomic E-state index is 0.282. The van der Waals surface area contributed by atoms with Gasteiger partial charge in [0.05, 0.1) is 0 Å². The highest BCUT2D eigenvalue weighted by atomic mass is 79.9. The van der Waals surface area contributed by atoms with E-state index in [2.05, 4.69) is 31.9 Å². The topological polar surface area (TPSA) is 0 Å². The Hall–Kier alpha value is -1.02. The van der Waals surface area contributed by atoms with Crippen LogP contribution in [0.3, 0.4) is 0 Å². The van der Waals surface area contributed by atoms with E-state index in [0.717, 1.165) is 24.3 Å². The van der Waals surface area contributed by atoms with Crippen LogP contribution in [0.15, 0.2) is 45.3 Å². The van der Waals surface area contributed by atoms with E-state index in [4.69, 9.17) is 0 Å². The Balaban J connectivity index is 2.96. The third kappa shape index (κ3) is 3.35. The van der Waals surface area contributed by atoms with E-state index in [1.54, 1.807) is 0 Å². The van der Waals surface area contributed by atoms with Crippen LogP contribution in [0, 0.1) is 13.8 Å². The SMILES string of the molecule is Cc1cc(C(c2ccc(Br)c(C)c2)(C(F)(F)F)C(F)(F)F)ccc1Br. The van der Waals surface area contributed by atoms with E-state index < -0.39 is 28.9 Å². The first-order chi connectivity index (χ1) is 11.3. The molecule has 0 bridgehead atoms. The monoisotopic (exact) mass is 488 g/mol. The highest BCUT2D eigenvalue weighted by molar-refractivity contribution is 9.10. The van der Waals surface area contributed by atoms with Crippen LogP contribution in [0.1, 0.15) is 22.3 Å². The predicted molar refractivity (Wildman–Crippen MR) is 90.6 cm³/mol. The summed E-state index contributed by atoms with van der Waals surface area (Å²) in [6.07, 6.45) is -11.2. The zero-order chi connectivity index (χ0) is 19.2. The summed E-state index contributed by atoms with van der Waals surface area (Å²) in [6, 6.07) is 5.95. The molecule has 0 fully saturated rings. The molecule has 0 radical (unpaired) electrons. The minimum atomic E-state index is -5.58. The van der Waals surface area contributed by atoms with Crippen LogP contribution in [-0.2, 0) is 5.41 Å². The predicted octanol–water partition coefficient (Wildman–Crippen LogP) is 7.24. The molecule has 0 spiro atoms. The maximum Gasteiger partial charge on any atom is 0.411 e. The number of rotatable bonds is 2. The van der Waals surface area contributed by atoms with Crippen molar-refractivity contribution in [2.24, 2.45) is 0 Å². The first-order valence-electron chi connectivity index (χ1n) is 6.99. The molecule has 0 N–H and O–H groups in total. The van der Waals surface area contributed by atoms with Crippen molar-refractivity contribution >= 4 is 31.9 Å². The van der Waals surface area contributed by atoms with Crippen molar-refractivity contribution in [3.8, 4) is 0 Å². The number of halogens is 8. The summed E-state index contributed by atoms with van der Waals surface area (Å²) < 4.78 is 84.6. The van der Waals surface area contributed by atoms with Gasteiger partial charge in [-0.3, -0.25) is 0 Å². The van der Waals surface area contributed by atoms with E-state index in [0.29, 0.717) is 8.95 Å². The zero-order valence-corrected chi connectivity index (χ0v) is 16.2. The molecule has 0 aliphatic rings. The van der Waals surface area contributed by atoms with Gasteiger partial charge in [-0.1, -0.05) is 56.1 Å². The van der Waals surface area contributed by atoms with Crippen LogP contribution in [0.5, 0.6) is 0 Å². The lowest BCUT2D eigenvalue weighted by atomic mass is 9.72. The Kier molecular flexibility index (Phi) is 5.37. The lowest BCUT2D eigenvalue weighted by Crippen LogP contribution is -2.54. The van der Waals surface area contributed by atoms with Crippen molar-refractivity contribution < 1.29 is 26.3 Å². The van der Waals surface area contributed by atoms with Gasteiger partial charge in [0.1, 0.15) is 0 Å². The molecule has 0 nitrogen and oxygen atoms in total. The molecule has 0 saturated heterocycles. The van der Waals surface area contributed by atoms with Crippen LogP contribution in [0.4, 0.5) is 26.3 Å². The molecule has 0 heterocycles. The summed E-state index contributed by atoms with van der Waals surface area (Å²) >= 11 is 6.21. The molecule has 0 atom stereocenters. The van der Waals surface area contributed by atoms with Gasteiger partial charge in [-0.05, 0) is 48.2 Å². The fourth-order valence-electron chi connectivity index (χ4n) is 2.74. The number of aryl methyl sites for hydroxylation is 2. The van der Waals surface area contributed by atoms with Gasteiger partial charge in [-0.2, -0.15) is 26.3 Å². The largest absolute Gasteiger partial charge is 0.411 e. The fourth-order valence-corrected chi connectivity index (χ4v) is 3.23. The average Bonchev–Trinajstić information content (AvgIpc) is 2.44. The molecule has 2 rings (SSSR count). The summed E-state index contributed by atoms with van der Waals surface area (Å²) in [5, 5.41) is 0. The number of hydrogen-bond acceptors (Lipinski definition) is 0. The summed E-state index contributed by atoms with van der Waals surface area (Å²) in [5.41, 5.74) is -5.28. The zero-order valence-electron chi connectivity index (χ0n) is 13.0. The summed E-state index contributed by atoms with van der Waals surface area (Å²) in [7, 11) is 0. The minimum Gasteiger partial charge on any atom is -0.169 e. The van der Waals surface area contributed by atoms with Crippen molar-refractivity contribution in [3.05, 3.63) is 67.6 Å². The number of alkyl halides is 6. The second kappa shape index (κ2) is 6.61. The molecule has 0 saturated carbocycles. The summed E-state index contributed by atoms with van der Waals surface area (Å²) in [6.45, 7) is 2.88.